The van der Waals surface area contributed by atoms with Crippen molar-refractivity contribution >= 4 is 29.3 Å². The summed E-state index contributed by atoms with van der Waals surface area (Å²) < 4.78 is 0. The lowest BCUT2D eigenvalue weighted by Crippen LogP contribution is -2.28. The number of hydrogen-bond donors (Lipinski definition) is 2. The highest BCUT2D eigenvalue weighted by molar-refractivity contribution is 7.99. The van der Waals surface area contributed by atoms with Gasteiger partial charge in [0.1, 0.15) is 0 Å². The Morgan fingerprint density at radius 3 is 2.80 bits per heavy atom. The minimum Gasteiger partial charge on any atom is -0.349 e. The maximum atomic E-state index is 12.1. The van der Waals surface area contributed by atoms with Crippen LogP contribution in [-0.4, -0.2) is 31.8 Å². The molecule has 0 aliphatic rings. The molecule has 0 saturated carbocycles. The second kappa shape index (κ2) is 8.13. The Labute approximate surface area is 154 Å². The second-order valence-corrected chi connectivity index (χ2v) is 6.65. The van der Waals surface area contributed by atoms with Crippen LogP contribution in [0, 0.1) is 0 Å². The average molecular weight is 374 g/mol. The number of carbonyl (C=O) groups excluding carboxylic acids is 1. The Bertz CT molecular complexity index is 855. The molecule has 2 N–H and O–H groups in total. The molecule has 1 atom stereocenters. The molecule has 6 nitrogen and oxygen atoms in total. The standard InChI is InChI=1S/C17H16ClN5OS/c1-11(13-4-2-3-5-14(13)18)20-15(24)10-25-17-21-16(22-23-17)12-6-8-19-9-7-12/h2-9,11H,10H2,1H3,(H,20,24)(H,21,22,23)/t11-/m0/s1. The number of nitrogens with one attached hydrogen (secondary N) is 2. The number of halogens is 1. The van der Waals surface area contributed by atoms with E-state index in [0.29, 0.717) is 16.0 Å². The fraction of sp³-hybridized carbons (Fsp3) is 0.176. The zero-order valence-electron chi connectivity index (χ0n) is 13.4. The molecule has 0 aliphatic carbocycles. The van der Waals surface area contributed by atoms with E-state index in [-0.39, 0.29) is 17.7 Å². The van der Waals surface area contributed by atoms with Crippen molar-refractivity contribution in [3.63, 3.8) is 0 Å². The molecule has 2 heterocycles. The van der Waals surface area contributed by atoms with Gasteiger partial charge in [-0.05, 0) is 30.7 Å². The summed E-state index contributed by atoms with van der Waals surface area (Å²) in [7, 11) is 0. The van der Waals surface area contributed by atoms with Crippen LogP contribution in [-0.2, 0) is 4.79 Å². The predicted molar refractivity (Wildman–Crippen MR) is 98.3 cm³/mol. The molecule has 2 aromatic heterocycles. The van der Waals surface area contributed by atoms with E-state index in [1.165, 1.54) is 11.8 Å². The molecule has 0 saturated heterocycles. The van der Waals surface area contributed by atoms with Gasteiger partial charge in [-0.2, -0.15) is 0 Å². The zero-order chi connectivity index (χ0) is 17.6. The maximum absolute atomic E-state index is 12.1. The molecule has 1 amide bonds. The summed E-state index contributed by atoms with van der Waals surface area (Å²) in [6.45, 7) is 1.90. The van der Waals surface area contributed by atoms with Crippen LogP contribution in [0.5, 0.6) is 0 Å². The van der Waals surface area contributed by atoms with Gasteiger partial charge in [-0.25, -0.2) is 4.98 Å². The van der Waals surface area contributed by atoms with Crippen LogP contribution in [0.1, 0.15) is 18.5 Å². The number of hydrogen-bond acceptors (Lipinski definition) is 5. The lowest BCUT2D eigenvalue weighted by Gasteiger charge is -2.15. The van der Waals surface area contributed by atoms with Crippen LogP contribution in [0.15, 0.2) is 53.9 Å². The van der Waals surface area contributed by atoms with Crippen molar-refractivity contribution < 1.29 is 4.79 Å². The molecule has 3 aromatic rings. The Morgan fingerprint density at radius 2 is 2.04 bits per heavy atom. The molecule has 128 valence electrons. The van der Waals surface area contributed by atoms with E-state index in [2.05, 4.69) is 25.5 Å². The lowest BCUT2D eigenvalue weighted by atomic mass is 10.1. The van der Waals surface area contributed by atoms with Crippen molar-refractivity contribution in [2.75, 3.05) is 5.75 Å². The van der Waals surface area contributed by atoms with Gasteiger partial charge in [0.2, 0.25) is 11.1 Å². The van der Waals surface area contributed by atoms with Crippen LogP contribution in [0.4, 0.5) is 0 Å². The summed E-state index contributed by atoms with van der Waals surface area (Å²) >= 11 is 7.42. The van der Waals surface area contributed by atoms with E-state index in [0.717, 1.165) is 11.1 Å². The van der Waals surface area contributed by atoms with E-state index < -0.39 is 0 Å². The highest BCUT2D eigenvalue weighted by Crippen LogP contribution is 2.23. The van der Waals surface area contributed by atoms with Gasteiger partial charge in [0.15, 0.2) is 5.82 Å². The highest BCUT2D eigenvalue weighted by Gasteiger charge is 2.14. The number of amides is 1. The molecule has 1 aromatic carbocycles. The fourth-order valence-electron chi connectivity index (χ4n) is 2.27. The summed E-state index contributed by atoms with van der Waals surface area (Å²) in [6.07, 6.45) is 3.38. The number of carbonyl (C=O) groups is 1. The summed E-state index contributed by atoms with van der Waals surface area (Å²) in [6, 6.07) is 11.0. The second-order valence-electron chi connectivity index (χ2n) is 5.30. The van der Waals surface area contributed by atoms with Crippen molar-refractivity contribution in [1.29, 1.82) is 0 Å². The van der Waals surface area contributed by atoms with Gasteiger partial charge in [-0.3, -0.25) is 14.9 Å². The predicted octanol–water partition coefficient (Wildman–Crippen LogP) is 3.49. The Kier molecular flexibility index (Phi) is 5.67. The van der Waals surface area contributed by atoms with Crippen LogP contribution in [0.3, 0.4) is 0 Å². The summed E-state index contributed by atoms with van der Waals surface area (Å²) in [5.41, 5.74) is 1.78. The Balaban J connectivity index is 1.54. The third kappa shape index (κ3) is 4.58. The molecular weight excluding hydrogens is 358 g/mol. The minimum atomic E-state index is -0.165. The SMILES string of the molecule is C[C@H](NC(=O)CSc1n[nH]c(-c2ccncc2)n1)c1ccccc1Cl. The molecule has 0 aliphatic heterocycles. The number of aromatic nitrogens is 4. The number of benzene rings is 1. The average Bonchev–Trinajstić information content (AvgIpc) is 3.10. The smallest absolute Gasteiger partial charge is 0.230 e. The number of nitrogens with zero attached hydrogens (tertiary/aromatic N) is 3. The van der Waals surface area contributed by atoms with Gasteiger partial charge in [0.25, 0.3) is 0 Å². The molecule has 3 rings (SSSR count). The summed E-state index contributed by atoms with van der Waals surface area (Å²) in [4.78, 5) is 20.5. The molecular formula is C17H16ClN5OS. The first-order valence-corrected chi connectivity index (χ1v) is 8.99. The van der Waals surface area contributed by atoms with E-state index >= 15 is 0 Å². The molecule has 8 heteroatoms. The first-order chi connectivity index (χ1) is 12.1. The van der Waals surface area contributed by atoms with Gasteiger partial charge in [-0.15, -0.1) is 5.10 Å². The van der Waals surface area contributed by atoms with Crippen LogP contribution in [0.2, 0.25) is 5.02 Å². The van der Waals surface area contributed by atoms with Gasteiger partial charge >= 0.3 is 0 Å². The van der Waals surface area contributed by atoms with Crippen molar-refractivity contribution in [2.45, 2.75) is 18.1 Å². The fourth-order valence-corrected chi connectivity index (χ4v) is 3.18. The van der Waals surface area contributed by atoms with Crippen molar-refractivity contribution in [1.82, 2.24) is 25.5 Å². The topological polar surface area (TPSA) is 83.6 Å². The largest absolute Gasteiger partial charge is 0.349 e. The van der Waals surface area contributed by atoms with E-state index in [1.807, 2.05) is 43.3 Å². The first-order valence-electron chi connectivity index (χ1n) is 7.63. The van der Waals surface area contributed by atoms with Gasteiger partial charge in [0, 0.05) is 23.0 Å². The number of aromatic amines is 1. The zero-order valence-corrected chi connectivity index (χ0v) is 15.0. The third-order valence-electron chi connectivity index (χ3n) is 3.50. The van der Waals surface area contributed by atoms with Gasteiger partial charge < -0.3 is 5.32 Å². The normalized spacial score (nSPS) is 11.9. The number of H-pyrrole nitrogens is 1. The molecule has 0 radical (unpaired) electrons. The summed E-state index contributed by atoms with van der Waals surface area (Å²) in [5, 5.41) is 11.1. The first kappa shape index (κ1) is 17.4. The number of rotatable bonds is 6. The van der Waals surface area contributed by atoms with Crippen LogP contribution in [0.25, 0.3) is 11.4 Å². The van der Waals surface area contributed by atoms with Crippen molar-refractivity contribution in [3.05, 3.63) is 59.4 Å². The van der Waals surface area contributed by atoms with Gasteiger partial charge in [0.05, 0.1) is 11.8 Å². The van der Waals surface area contributed by atoms with Gasteiger partial charge in [-0.1, -0.05) is 41.6 Å². The maximum Gasteiger partial charge on any atom is 0.230 e. The quantitative estimate of drug-likeness (QED) is 0.646. The molecule has 0 spiro atoms. The Morgan fingerprint density at radius 1 is 1.28 bits per heavy atom. The summed E-state index contributed by atoms with van der Waals surface area (Å²) in [5.74, 6) is 0.769. The van der Waals surface area contributed by atoms with Crippen LogP contribution >= 0.6 is 23.4 Å². The molecule has 0 bridgehead atoms. The number of pyridine rings is 1. The number of thioether (sulfide) groups is 1. The lowest BCUT2D eigenvalue weighted by molar-refractivity contribution is -0.119. The van der Waals surface area contributed by atoms with E-state index in [9.17, 15) is 4.79 Å². The third-order valence-corrected chi connectivity index (χ3v) is 4.69. The monoisotopic (exact) mass is 373 g/mol. The van der Waals surface area contributed by atoms with E-state index in [1.54, 1.807) is 12.4 Å². The minimum absolute atomic E-state index is 0.104. The van der Waals surface area contributed by atoms with Crippen molar-refractivity contribution in [2.24, 2.45) is 0 Å². The molecule has 25 heavy (non-hydrogen) atoms. The van der Waals surface area contributed by atoms with E-state index in [4.69, 9.17) is 11.6 Å². The Hall–Kier alpha value is -2.38. The van der Waals surface area contributed by atoms with Crippen molar-refractivity contribution in [3.8, 4) is 11.4 Å². The van der Waals surface area contributed by atoms with Crippen LogP contribution < -0.4 is 5.32 Å². The highest BCUT2D eigenvalue weighted by atomic mass is 35.5. The molecule has 0 unspecified atom stereocenters. The molecule has 0 fully saturated rings.